The normalized spacial score (nSPS) is 10.7. The first-order valence-corrected chi connectivity index (χ1v) is 7.26. The first kappa shape index (κ1) is 15.7. The van der Waals surface area contributed by atoms with Gasteiger partial charge in [0.1, 0.15) is 6.33 Å². The molecule has 1 aromatic heterocycles. The van der Waals surface area contributed by atoms with Crippen LogP contribution in [0.25, 0.3) is 0 Å². The molecule has 0 atom stereocenters. The van der Waals surface area contributed by atoms with Crippen molar-refractivity contribution in [2.45, 2.75) is 26.2 Å². The number of anilines is 1. The molecule has 2 aromatic rings. The molecule has 1 aromatic carbocycles. The molecule has 0 spiro atoms. The maximum absolute atomic E-state index is 12.2. The fourth-order valence-electron chi connectivity index (χ4n) is 1.94. The van der Waals surface area contributed by atoms with E-state index in [9.17, 15) is 4.79 Å². The number of benzene rings is 1. The van der Waals surface area contributed by atoms with Crippen molar-refractivity contribution in [3.63, 3.8) is 0 Å². The van der Waals surface area contributed by atoms with Crippen LogP contribution in [0.1, 0.15) is 31.0 Å². The number of rotatable bonds is 4. The highest BCUT2D eigenvalue weighted by molar-refractivity contribution is 6.33. The van der Waals surface area contributed by atoms with Crippen LogP contribution in [0.4, 0.5) is 5.69 Å². The average molecular weight is 324 g/mol. The van der Waals surface area contributed by atoms with Crippen LogP contribution in [0.3, 0.4) is 0 Å². The summed E-state index contributed by atoms with van der Waals surface area (Å²) < 4.78 is 0. The van der Waals surface area contributed by atoms with Crippen LogP contribution in [0.2, 0.25) is 10.0 Å². The predicted molar refractivity (Wildman–Crippen MR) is 84.9 cm³/mol. The van der Waals surface area contributed by atoms with Gasteiger partial charge in [-0.3, -0.25) is 4.79 Å². The molecule has 110 valence electrons. The SMILES string of the molecule is CC(C)c1ncncc1NC(=O)Cc1cc(Cl)ccc1Cl. The van der Waals surface area contributed by atoms with Crippen LogP contribution in [0, 0.1) is 0 Å². The van der Waals surface area contributed by atoms with Crippen molar-refractivity contribution in [1.82, 2.24) is 9.97 Å². The Morgan fingerprint density at radius 2 is 2.10 bits per heavy atom. The molecule has 0 bridgehead atoms. The van der Waals surface area contributed by atoms with Gasteiger partial charge < -0.3 is 5.32 Å². The summed E-state index contributed by atoms with van der Waals surface area (Å²) in [7, 11) is 0. The molecule has 21 heavy (non-hydrogen) atoms. The van der Waals surface area contributed by atoms with Gasteiger partial charge in [0.15, 0.2) is 0 Å². The lowest BCUT2D eigenvalue weighted by molar-refractivity contribution is -0.115. The zero-order chi connectivity index (χ0) is 15.4. The fourth-order valence-corrected chi connectivity index (χ4v) is 2.32. The maximum atomic E-state index is 12.2. The van der Waals surface area contributed by atoms with Gasteiger partial charge in [-0.1, -0.05) is 37.0 Å². The van der Waals surface area contributed by atoms with Gasteiger partial charge in [0, 0.05) is 10.0 Å². The number of nitrogens with zero attached hydrogens (tertiary/aromatic N) is 2. The lowest BCUT2D eigenvalue weighted by Gasteiger charge is -2.12. The van der Waals surface area contributed by atoms with E-state index in [0.717, 1.165) is 5.69 Å². The van der Waals surface area contributed by atoms with E-state index < -0.39 is 0 Å². The Labute approximate surface area is 133 Å². The van der Waals surface area contributed by atoms with Crippen LogP contribution in [0.5, 0.6) is 0 Å². The van der Waals surface area contributed by atoms with Crippen molar-refractivity contribution in [3.8, 4) is 0 Å². The van der Waals surface area contributed by atoms with Gasteiger partial charge >= 0.3 is 0 Å². The standard InChI is InChI=1S/C15H15Cl2N3O/c1-9(2)15-13(7-18-8-19-15)20-14(21)6-10-5-11(16)3-4-12(10)17/h3-5,7-9H,6H2,1-2H3,(H,20,21). The van der Waals surface area contributed by atoms with E-state index in [4.69, 9.17) is 23.2 Å². The van der Waals surface area contributed by atoms with Crippen molar-refractivity contribution < 1.29 is 4.79 Å². The largest absolute Gasteiger partial charge is 0.323 e. The highest BCUT2D eigenvalue weighted by Crippen LogP contribution is 2.23. The molecule has 1 N–H and O–H groups in total. The molecule has 2 rings (SSSR count). The lowest BCUT2D eigenvalue weighted by Crippen LogP contribution is -2.17. The van der Waals surface area contributed by atoms with Gasteiger partial charge in [-0.2, -0.15) is 0 Å². The first-order chi connectivity index (χ1) is 9.97. The molecule has 0 radical (unpaired) electrons. The molecule has 0 saturated heterocycles. The maximum Gasteiger partial charge on any atom is 0.228 e. The summed E-state index contributed by atoms with van der Waals surface area (Å²) in [5.74, 6) is 0.00826. The third kappa shape index (κ3) is 4.16. The molecule has 0 aliphatic carbocycles. The summed E-state index contributed by atoms with van der Waals surface area (Å²) in [6.07, 6.45) is 3.21. The summed E-state index contributed by atoms with van der Waals surface area (Å²) in [5.41, 5.74) is 2.11. The minimum atomic E-state index is -0.184. The van der Waals surface area contributed by atoms with E-state index >= 15 is 0 Å². The lowest BCUT2D eigenvalue weighted by atomic mass is 10.1. The fraction of sp³-hybridized carbons (Fsp3) is 0.267. The number of amides is 1. The summed E-state index contributed by atoms with van der Waals surface area (Å²) >= 11 is 12.0. The Balaban J connectivity index is 2.14. The van der Waals surface area contributed by atoms with Gasteiger partial charge in [0.25, 0.3) is 0 Å². The minimum absolute atomic E-state index is 0.145. The van der Waals surface area contributed by atoms with E-state index in [2.05, 4.69) is 15.3 Å². The quantitative estimate of drug-likeness (QED) is 0.922. The van der Waals surface area contributed by atoms with Gasteiger partial charge in [-0.25, -0.2) is 9.97 Å². The highest BCUT2D eigenvalue weighted by Gasteiger charge is 2.13. The second-order valence-corrected chi connectivity index (χ2v) is 5.78. The average Bonchev–Trinajstić information content (AvgIpc) is 2.43. The predicted octanol–water partition coefficient (Wildman–Crippen LogP) is 4.09. The Morgan fingerprint density at radius 1 is 1.33 bits per heavy atom. The molecular formula is C15H15Cl2N3O. The molecule has 6 heteroatoms. The number of halogens is 2. The number of aromatic nitrogens is 2. The van der Waals surface area contributed by atoms with Crippen LogP contribution in [-0.2, 0) is 11.2 Å². The van der Waals surface area contributed by atoms with E-state index in [-0.39, 0.29) is 18.2 Å². The number of carbonyl (C=O) groups excluding carboxylic acids is 1. The number of hydrogen-bond acceptors (Lipinski definition) is 3. The second-order valence-electron chi connectivity index (χ2n) is 4.94. The molecular weight excluding hydrogens is 309 g/mol. The highest BCUT2D eigenvalue weighted by atomic mass is 35.5. The molecule has 0 aliphatic heterocycles. The van der Waals surface area contributed by atoms with E-state index in [1.165, 1.54) is 6.33 Å². The molecule has 0 fully saturated rings. The molecule has 1 amide bonds. The van der Waals surface area contributed by atoms with Crippen molar-refractivity contribution >= 4 is 34.8 Å². The van der Waals surface area contributed by atoms with Crippen LogP contribution in [-0.4, -0.2) is 15.9 Å². The van der Waals surface area contributed by atoms with Crippen molar-refractivity contribution in [2.75, 3.05) is 5.32 Å². The molecule has 0 unspecified atom stereocenters. The first-order valence-electron chi connectivity index (χ1n) is 6.51. The van der Waals surface area contributed by atoms with Gasteiger partial charge in [-0.15, -0.1) is 0 Å². The third-order valence-electron chi connectivity index (χ3n) is 2.92. The number of nitrogens with one attached hydrogen (secondary N) is 1. The summed E-state index contributed by atoms with van der Waals surface area (Å²) in [6.45, 7) is 4.01. The minimum Gasteiger partial charge on any atom is -0.323 e. The smallest absolute Gasteiger partial charge is 0.228 e. The monoisotopic (exact) mass is 323 g/mol. The Hall–Kier alpha value is -1.65. The van der Waals surface area contributed by atoms with Gasteiger partial charge in [0.05, 0.1) is 24.0 Å². The molecule has 0 aliphatic rings. The van der Waals surface area contributed by atoms with E-state index in [1.807, 2.05) is 13.8 Å². The zero-order valence-corrected chi connectivity index (χ0v) is 13.2. The van der Waals surface area contributed by atoms with Crippen LogP contribution < -0.4 is 5.32 Å². The van der Waals surface area contributed by atoms with Crippen molar-refractivity contribution in [1.29, 1.82) is 0 Å². The van der Waals surface area contributed by atoms with Crippen LogP contribution in [0.15, 0.2) is 30.7 Å². The Kier molecular flexibility index (Phi) is 5.15. The summed E-state index contributed by atoms with van der Waals surface area (Å²) in [5, 5.41) is 3.89. The van der Waals surface area contributed by atoms with Crippen LogP contribution >= 0.6 is 23.2 Å². The van der Waals surface area contributed by atoms with Crippen molar-refractivity contribution in [2.24, 2.45) is 0 Å². The summed E-state index contributed by atoms with van der Waals surface area (Å²) in [4.78, 5) is 20.3. The molecule has 1 heterocycles. The Bertz CT molecular complexity index is 659. The van der Waals surface area contributed by atoms with Crippen molar-refractivity contribution in [3.05, 3.63) is 52.0 Å². The number of hydrogen-bond donors (Lipinski definition) is 1. The van der Waals surface area contributed by atoms with E-state index in [1.54, 1.807) is 24.4 Å². The number of carbonyl (C=O) groups is 1. The second kappa shape index (κ2) is 6.87. The molecule has 4 nitrogen and oxygen atoms in total. The molecule has 0 saturated carbocycles. The third-order valence-corrected chi connectivity index (χ3v) is 3.53. The van der Waals surface area contributed by atoms with E-state index in [0.29, 0.717) is 21.3 Å². The van der Waals surface area contributed by atoms with Gasteiger partial charge in [-0.05, 0) is 29.7 Å². The zero-order valence-electron chi connectivity index (χ0n) is 11.7. The summed E-state index contributed by atoms with van der Waals surface area (Å²) in [6, 6.07) is 5.05. The van der Waals surface area contributed by atoms with Gasteiger partial charge in [0.2, 0.25) is 5.91 Å². The Morgan fingerprint density at radius 3 is 2.81 bits per heavy atom. The topological polar surface area (TPSA) is 54.9 Å².